The Balaban J connectivity index is 1.98. The minimum Gasteiger partial charge on any atom is -0.370 e. The molecule has 0 amide bonds. The van der Waals surface area contributed by atoms with Gasteiger partial charge in [0.15, 0.2) is 5.96 Å². The zero-order valence-corrected chi connectivity index (χ0v) is 11.6. The zero-order valence-electron chi connectivity index (χ0n) is 11.6. The lowest BCUT2D eigenvalue weighted by Gasteiger charge is -2.26. The first-order chi connectivity index (χ1) is 9.15. The maximum absolute atomic E-state index is 5.43. The molecule has 4 N–H and O–H groups in total. The highest BCUT2D eigenvalue weighted by molar-refractivity contribution is 5.79. The van der Waals surface area contributed by atoms with Crippen molar-refractivity contribution < 1.29 is 0 Å². The van der Waals surface area contributed by atoms with Crippen molar-refractivity contribution >= 4 is 11.6 Å². The first-order valence-corrected chi connectivity index (χ1v) is 6.92. The van der Waals surface area contributed by atoms with Gasteiger partial charge < -0.3 is 16.4 Å². The largest absolute Gasteiger partial charge is 0.370 e. The molecule has 0 radical (unpaired) electrons. The van der Waals surface area contributed by atoms with Gasteiger partial charge >= 0.3 is 0 Å². The van der Waals surface area contributed by atoms with E-state index in [1.165, 1.54) is 37.9 Å². The lowest BCUT2D eigenvalue weighted by atomic mass is 10.1. The van der Waals surface area contributed by atoms with Crippen LogP contribution in [0.4, 0.5) is 5.69 Å². The summed E-state index contributed by atoms with van der Waals surface area (Å²) in [5, 5.41) is 0. The Morgan fingerprint density at radius 3 is 2.74 bits per heavy atom. The van der Waals surface area contributed by atoms with E-state index in [4.69, 9.17) is 11.5 Å². The molecule has 0 aliphatic carbocycles. The Labute approximate surface area is 114 Å². The van der Waals surface area contributed by atoms with Crippen molar-refractivity contribution in [1.29, 1.82) is 0 Å². The summed E-state index contributed by atoms with van der Waals surface area (Å²) in [6.07, 6.45) is 6.94. The van der Waals surface area contributed by atoms with Gasteiger partial charge in [0.05, 0.1) is 11.4 Å². The fraction of sp³-hybridized carbons (Fsp3) is 0.571. The fourth-order valence-corrected chi connectivity index (χ4v) is 2.42. The van der Waals surface area contributed by atoms with Crippen LogP contribution in [0.25, 0.3) is 0 Å². The maximum Gasteiger partial charge on any atom is 0.191 e. The number of hydrogen-bond donors (Lipinski definition) is 2. The standard InChI is InChI=1S/C14H23N5/c1-11-13(18-14(15)16)9-12(10-17-11)5-8-19-6-3-2-4-7-19/h9-10H,2-8H2,1H3,(H4,15,16,18). The van der Waals surface area contributed by atoms with Crippen LogP contribution in [0.15, 0.2) is 17.3 Å². The Morgan fingerprint density at radius 2 is 2.05 bits per heavy atom. The van der Waals surface area contributed by atoms with Crippen LogP contribution in [-0.4, -0.2) is 35.5 Å². The van der Waals surface area contributed by atoms with E-state index in [-0.39, 0.29) is 5.96 Å². The molecule has 1 aromatic heterocycles. The van der Waals surface area contributed by atoms with E-state index in [1.54, 1.807) is 0 Å². The normalized spacial score (nSPS) is 16.3. The third-order valence-corrected chi connectivity index (χ3v) is 3.53. The molecule has 0 aromatic carbocycles. The van der Waals surface area contributed by atoms with Gasteiger partial charge in [-0.3, -0.25) is 4.98 Å². The van der Waals surface area contributed by atoms with Gasteiger partial charge in [0.2, 0.25) is 0 Å². The molecule has 5 heteroatoms. The van der Waals surface area contributed by atoms with Gasteiger partial charge in [-0.15, -0.1) is 0 Å². The Hall–Kier alpha value is -1.62. The Bertz CT molecular complexity index is 445. The first-order valence-electron chi connectivity index (χ1n) is 6.92. The molecule has 1 aromatic rings. The lowest BCUT2D eigenvalue weighted by molar-refractivity contribution is 0.231. The number of nitrogens with zero attached hydrogens (tertiary/aromatic N) is 3. The molecule has 0 saturated carbocycles. The second kappa shape index (κ2) is 6.52. The van der Waals surface area contributed by atoms with Crippen LogP contribution < -0.4 is 11.5 Å². The molecule has 2 rings (SSSR count). The van der Waals surface area contributed by atoms with Crippen LogP contribution in [0, 0.1) is 6.92 Å². The van der Waals surface area contributed by atoms with Crippen molar-refractivity contribution in [3.8, 4) is 0 Å². The second-order valence-corrected chi connectivity index (χ2v) is 5.14. The highest BCUT2D eigenvalue weighted by Gasteiger charge is 2.10. The highest BCUT2D eigenvalue weighted by Crippen LogP contribution is 2.18. The minimum atomic E-state index is 0.0816. The summed E-state index contributed by atoms with van der Waals surface area (Å²) >= 11 is 0. The quantitative estimate of drug-likeness (QED) is 0.633. The predicted octanol–water partition coefficient (Wildman–Crippen LogP) is 1.32. The predicted molar refractivity (Wildman–Crippen MR) is 78.4 cm³/mol. The summed E-state index contributed by atoms with van der Waals surface area (Å²) in [6, 6.07) is 2.03. The van der Waals surface area contributed by atoms with E-state index < -0.39 is 0 Å². The third-order valence-electron chi connectivity index (χ3n) is 3.53. The van der Waals surface area contributed by atoms with E-state index in [2.05, 4.69) is 14.9 Å². The summed E-state index contributed by atoms with van der Waals surface area (Å²) in [4.78, 5) is 11.0. The lowest BCUT2D eigenvalue weighted by Crippen LogP contribution is -2.31. The molecule has 0 atom stereocenters. The number of rotatable bonds is 4. The molecular weight excluding hydrogens is 238 g/mol. The molecule has 5 nitrogen and oxygen atoms in total. The number of pyridine rings is 1. The van der Waals surface area contributed by atoms with Crippen molar-refractivity contribution in [3.63, 3.8) is 0 Å². The summed E-state index contributed by atoms with van der Waals surface area (Å²) in [6.45, 7) is 5.45. The van der Waals surface area contributed by atoms with Crippen LogP contribution in [0.3, 0.4) is 0 Å². The van der Waals surface area contributed by atoms with Crippen molar-refractivity contribution in [2.75, 3.05) is 19.6 Å². The molecule has 104 valence electrons. The van der Waals surface area contributed by atoms with Gasteiger partial charge in [-0.05, 0) is 50.9 Å². The van der Waals surface area contributed by atoms with E-state index in [1.807, 2.05) is 19.2 Å². The van der Waals surface area contributed by atoms with Crippen LogP contribution in [0.2, 0.25) is 0 Å². The average Bonchev–Trinajstić information content (AvgIpc) is 2.40. The van der Waals surface area contributed by atoms with Crippen molar-refractivity contribution in [2.24, 2.45) is 16.5 Å². The molecule has 19 heavy (non-hydrogen) atoms. The topological polar surface area (TPSA) is 80.5 Å². The molecular formula is C14H23N5. The van der Waals surface area contributed by atoms with Gasteiger partial charge in [-0.25, -0.2) is 4.99 Å². The molecule has 1 saturated heterocycles. The van der Waals surface area contributed by atoms with E-state index >= 15 is 0 Å². The Morgan fingerprint density at radius 1 is 1.32 bits per heavy atom. The molecule has 0 spiro atoms. The van der Waals surface area contributed by atoms with Crippen LogP contribution in [0.5, 0.6) is 0 Å². The van der Waals surface area contributed by atoms with E-state index in [0.717, 1.165) is 24.3 Å². The first kappa shape index (κ1) is 13.8. The van der Waals surface area contributed by atoms with Gasteiger partial charge in [-0.2, -0.15) is 0 Å². The van der Waals surface area contributed by atoms with Gasteiger partial charge in [0.1, 0.15) is 0 Å². The van der Waals surface area contributed by atoms with E-state index in [9.17, 15) is 0 Å². The van der Waals surface area contributed by atoms with Gasteiger partial charge in [0, 0.05) is 12.7 Å². The summed E-state index contributed by atoms with van der Waals surface area (Å²) < 4.78 is 0. The second-order valence-electron chi connectivity index (χ2n) is 5.14. The monoisotopic (exact) mass is 261 g/mol. The highest BCUT2D eigenvalue weighted by atomic mass is 15.1. The zero-order chi connectivity index (χ0) is 13.7. The number of hydrogen-bond acceptors (Lipinski definition) is 3. The van der Waals surface area contributed by atoms with Crippen LogP contribution >= 0.6 is 0 Å². The average molecular weight is 261 g/mol. The van der Waals surface area contributed by atoms with Crippen molar-refractivity contribution in [1.82, 2.24) is 9.88 Å². The number of piperidine rings is 1. The van der Waals surface area contributed by atoms with Gasteiger partial charge in [0.25, 0.3) is 0 Å². The molecule has 1 fully saturated rings. The molecule has 0 unspecified atom stereocenters. The van der Waals surface area contributed by atoms with E-state index in [0.29, 0.717) is 0 Å². The number of aryl methyl sites for hydroxylation is 1. The van der Waals surface area contributed by atoms with Crippen LogP contribution in [-0.2, 0) is 6.42 Å². The molecule has 2 heterocycles. The molecule has 1 aliphatic heterocycles. The number of aromatic nitrogens is 1. The SMILES string of the molecule is Cc1ncc(CCN2CCCCC2)cc1N=C(N)N. The number of nitrogens with two attached hydrogens (primary N) is 2. The fourth-order valence-electron chi connectivity index (χ4n) is 2.42. The number of aliphatic imine (C=N–C) groups is 1. The molecule has 0 bridgehead atoms. The summed E-state index contributed by atoms with van der Waals surface area (Å²) in [5.41, 5.74) is 13.7. The number of likely N-dealkylation sites (tertiary alicyclic amines) is 1. The Kier molecular flexibility index (Phi) is 4.74. The molecule has 1 aliphatic rings. The van der Waals surface area contributed by atoms with Crippen LogP contribution in [0.1, 0.15) is 30.5 Å². The summed E-state index contributed by atoms with van der Waals surface area (Å²) in [7, 11) is 0. The minimum absolute atomic E-state index is 0.0816. The van der Waals surface area contributed by atoms with Gasteiger partial charge in [-0.1, -0.05) is 6.42 Å². The maximum atomic E-state index is 5.43. The van der Waals surface area contributed by atoms with Crippen molar-refractivity contribution in [2.45, 2.75) is 32.6 Å². The van der Waals surface area contributed by atoms with Crippen molar-refractivity contribution in [3.05, 3.63) is 23.5 Å². The smallest absolute Gasteiger partial charge is 0.191 e. The number of guanidine groups is 1. The third kappa shape index (κ3) is 4.21. The summed E-state index contributed by atoms with van der Waals surface area (Å²) in [5.74, 6) is 0.0816.